The third-order valence-corrected chi connectivity index (χ3v) is 0.566. The first kappa shape index (κ1) is 9.51. The molecular formula is C5H6BrNO3. The zero-order chi connectivity index (χ0) is 7.82. The number of nitrogens with zero attached hydrogens (tertiary/aromatic N) is 1. The maximum absolute atomic E-state index is 8.63. The van der Waals surface area contributed by atoms with Gasteiger partial charge in [-0.05, 0) is 16.3 Å². The van der Waals surface area contributed by atoms with Crippen molar-refractivity contribution in [2.45, 2.75) is 0 Å². The summed E-state index contributed by atoms with van der Waals surface area (Å²) in [5.74, 6) is 0. The molecule has 0 bridgehead atoms. The Bertz CT molecular complexity index is 117. The Morgan fingerprint density at radius 3 is 1.60 bits per heavy atom. The van der Waals surface area contributed by atoms with Gasteiger partial charge in [-0.15, -0.1) is 0 Å². The second-order valence-corrected chi connectivity index (χ2v) is 2.07. The monoisotopic (exact) mass is 207 g/mol. The molecule has 10 heavy (non-hydrogen) atoms. The van der Waals surface area contributed by atoms with Crippen molar-refractivity contribution in [3.05, 3.63) is 30.6 Å². The van der Waals surface area contributed by atoms with Crippen LogP contribution >= 0.6 is 0 Å². The summed E-state index contributed by atoms with van der Waals surface area (Å²) in [6.45, 7) is 0. The smallest absolute Gasteiger partial charge is 0.372 e. The molecule has 0 amide bonds. The van der Waals surface area contributed by atoms with E-state index in [2.05, 4.69) is 4.98 Å². The highest BCUT2D eigenvalue weighted by Crippen LogP contribution is 1.73. The average molecular weight is 208 g/mol. The number of pyridine rings is 1. The van der Waals surface area contributed by atoms with Gasteiger partial charge in [0.05, 0.1) is 0 Å². The zero-order valence-corrected chi connectivity index (χ0v) is 6.56. The Kier molecular flexibility index (Phi) is 6.30. The Morgan fingerprint density at radius 1 is 1.10 bits per heavy atom. The van der Waals surface area contributed by atoms with Gasteiger partial charge in [0.25, 0.3) is 0 Å². The van der Waals surface area contributed by atoms with Crippen LogP contribution in [0.3, 0.4) is 0 Å². The van der Waals surface area contributed by atoms with E-state index >= 15 is 0 Å². The molecule has 0 fully saturated rings. The molecule has 1 rings (SSSR count). The summed E-state index contributed by atoms with van der Waals surface area (Å²) in [6, 6.07) is 5.72. The van der Waals surface area contributed by atoms with E-state index in [9.17, 15) is 0 Å². The first-order valence-corrected chi connectivity index (χ1v) is 4.33. The molecule has 0 aliphatic heterocycles. The second kappa shape index (κ2) is 6.63. The van der Waals surface area contributed by atoms with Gasteiger partial charge in [-0.25, -0.2) is 0 Å². The maximum atomic E-state index is 8.63. The summed E-state index contributed by atoms with van der Waals surface area (Å²) in [7, 11) is 0. The van der Waals surface area contributed by atoms with Crippen molar-refractivity contribution in [3.63, 3.8) is 0 Å². The minimum atomic E-state index is -3.40. The van der Waals surface area contributed by atoms with Crippen LogP contribution in [0.15, 0.2) is 30.6 Å². The van der Waals surface area contributed by atoms with E-state index < -0.39 is 14.8 Å². The van der Waals surface area contributed by atoms with Crippen LogP contribution in [0.25, 0.3) is 0 Å². The van der Waals surface area contributed by atoms with Crippen LogP contribution in [0.5, 0.6) is 0 Å². The fourth-order valence-corrected chi connectivity index (χ4v) is 0.313. The summed E-state index contributed by atoms with van der Waals surface area (Å²) >= 11 is -3.40. The lowest BCUT2D eigenvalue weighted by atomic mass is 10.5. The molecule has 56 valence electrons. The van der Waals surface area contributed by atoms with Gasteiger partial charge in [0.1, 0.15) is 0 Å². The average Bonchev–Trinajstić information content (AvgIpc) is 1.90. The molecule has 0 radical (unpaired) electrons. The van der Waals surface area contributed by atoms with Crippen LogP contribution < -0.4 is 8.40 Å². The highest BCUT2D eigenvalue weighted by Gasteiger charge is 1.86. The fraction of sp³-hybridized carbons (Fsp3) is 0. The third kappa shape index (κ3) is 10.5. The molecule has 0 spiro atoms. The standard InChI is InChI=1S/C5H5N.BrHO3/c1-2-4-6-5-3-1;2-1(3)4/h1-5H;2H. The topological polar surface area (TPSA) is 79.2 Å². The van der Waals surface area contributed by atoms with Crippen molar-refractivity contribution in [3.8, 4) is 0 Å². The SMILES string of the molecule is [O-][Br+2]([O-])O.c1ccncc1. The van der Waals surface area contributed by atoms with E-state index in [0.717, 1.165) is 0 Å². The lowest BCUT2D eigenvalue weighted by molar-refractivity contribution is -1.63. The summed E-state index contributed by atoms with van der Waals surface area (Å²) in [6.07, 6.45) is 3.50. The van der Waals surface area contributed by atoms with Crippen LogP contribution in [-0.2, 0) is 0 Å². The van der Waals surface area contributed by atoms with Crippen molar-refractivity contribution in [2.24, 2.45) is 0 Å². The lowest BCUT2D eigenvalue weighted by Gasteiger charge is -1.70. The van der Waals surface area contributed by atoms with Gasteiger partial charge in [-0.3, -0.25) is 4.98 Å². The number of aromatic nitrogens is 1. The van der Waals surface area contributed by atoms with Crippen molar-refractivity contribution < 1.29 is 27.4 Å². The predicted molar refractivity (Wildman–Crippen MR) is 26.5 cm³/mol. The number of hydrogen-bond acceptors (Lipinski definition) is 4. The number of halogens is 1. The quantitative estimate of drug-likeness (QED) is 0.542. The minimum Gasteiger partial charge on any atom is -0.372 e. The van der Waals surface area contributed by atoms with Gasteiger partial charge in [0, 0.05) is 12.4 Å². The van der Waals surface area contributed by atoms with Gasteiger partial charge in [-0.2, -0.15) is 0 Å². The molecule has 4 nitrogen and oxygen atoms in total. The Morgan fingerprint density at radius 2 is 1.50 bits per heavy atom. The summed E-state index contributed by atoms with van der Waals surface area (Å²) in [4.78, 5) is 3.78. The second-order valence-electron chi connectivity index (χ2n) is 1.23. The molecule has 0 unspecified atom stereocenters. The molecule has 0 atom stereocenters. The van der Waals surface area contributed by atoms with Crippen molar-refractivity contribution >= 4 is 0 Å². The molecule has 0 aromatic carbocycles. The van der Waals surface area contributed by atoms with Gasteiger partial charge >= 0.3 is 14.8 Å². The highest BCUT2D eigenvalue weighted by molar-refractivity contribution is 4.88. The molecular weight excluding hydrogens is 202 g/mol. The highest BCUT2D eigenvalue weighted by atomic mass is 80.0. The molecule has 0 saturated heterocycles. The van der Waals surface area contributed by atoms with Crippen LogP contribution in [0.2, 0.25) is 0 Å². The van der Waals surface area contributed by atoms with Crippen molar-refractivity contribution in [2.75, 3.05) is 0 Å². The van der Waals surface area contributed by atoms with Crippen LogP contribution in [0, 0.1) is 14.8 Å². The van der Waals surface area contributed by atoms with Crippen molar-refractivity contribution in [1.29, 1.82) is 0 Å². The minimum absolute atomic E-state index is 1.75. The van der Waals surface area contributed by atoms with E-state index in [-0.39, 0.29) is 0 Å². The largest absolute Gasteiger partial charge is 0.433 e. The normalized spacial score (nSPS) is 8.40. The van der Waals surface area contributed by atoms with Crippen LogP contribution in [0.1, 0.15) is 0 Å². The number of hydrogen-bond donors (Lipinski definition) is 1. The fourth-order valence-electron chi connectivity index (χ4n) is 0.313. The first-order valence-electron chi connectivity index (χ1n) is 2.33. The van der Waals surface area contributed by atoms with E-state index in [1.807, 2.05) is 18.2 Å². The molecule has 5 heteroatoms. The Hall–Kier alpha value is -0.490. The summed E-state index contributed by atoms with van der Waals surface area (Å²) in [5.41, 5.74) is 0. The molecule has 1 heterocycles. The van der Waals surface area contributed by atoms with Crippen LogP contribution in [0.4, 0.5) is 0 Å². The van der Waals surface area contributed by atoms with Gasteiger partial charge in [0.2, 0.25) is 0 Å². The third-order valence-electron chi connectivity index (χ3n) is 0.566. The van der Waals surface area contributed by atoms with Gasteiger partial charge < -0.3 is 8.40 Å². The Balaban J connectivity index is 0.000000180. The van der Waals surface area contributed by atoms with E-state index in [0.29, 0.717) is 0 Å². The van der Waals surface area contributed by atoms with Crippen molar-refractivity contribution in [1.82, 2.24) is 4.98 Å². The van der Waals surface area contributed by atoms with E-state index in [1.165, 1.54) is 0 Å². The van der Waals surface area contributed by atoms with E-state index in [4.69, 9.17) is 12.6 Å². The van der Waals surface area contributed by atoms with E-state index in [1.54, 1.807) is 12.4 Å². The molecule has 0 aliphatic carbocycles. The summed E-state index contributed by atoms with van der Waals surface area (Å²) < 4.78 is 24.3. The van der Waals surface area contributed by atoms with Crippen LogP contribution in [-0.4, -0.2) is 9.18 Å². The molecule has 1 N–H and O–H groups in total. The molecule has 0 aliphatic rings. The van der Waals surface area contributed by atoms with Gasteiger partial charge in [-0.1, -0.05) is 6.07 Å². The Labute approximate surface area is 63.6 Å². The molecule has 1 aromatic rings. The molecule has 1 aromatic heterocycles. The molecule has 0 saturated carbocycles. The maximum Gasteiger partial charge on any atom is 0.433 e. The lowest BCUT2D eigenvalue weighted by Crippen LogP contribution is -2.30. The summed E-state index contributed by atoms with van der Waals surface area (Å²) in [5, 5.41) is 0. The predicted octanol–water partition coefficient (Wildman–Crippen LogP) is -1.85. The zero-order valence-electron chi connectivity index (χ0n) is 4.98. The number of rotatable bonds is 0. The van der Waals surface area contributed by atoms with Gasteiger partial charge in [0.15, 0.2) is 0 Å². The first-order chi connectivity index (χ1) is 4.73.